The monoisotopic (exact) mass is 278 g/mol. The molecule has 1 aliphatic rings. The van der Waals surface area contributed by atoms with Gasteiger partial charge in [-0.1, -0.05) is 6.07 Å². The van der Waals surface area contributed by atoms with Gasteiger partial charge in [-0.3, -0.25) is 9.48 Å². The van der Waals surface area contributed by atoms with E-state index >= 15 is 0 Å². The Hall–Kier alpha value is -2.31. The first-order valence-corrected chi connectivity index (χ1v) is 6.21. The number of carbonyl (C=O) groups is 1. The highest BCUT2D eigenvalue weighted by molar-refractivity contribution is 5.95. The van der Waals surface area contributed by atoms with Crippen LogP contribution in [0.1, 0.15) is 10.4 Å². The van der Waals surface area contributed by atoms with Crippen LogP contribution in [0.15, 0.2) is 30.9 Å². The van der Waals surface area contributed by atoms with Crippen LogP contribution in [0.4, 0.5) is 8.78 Å². The molecule has 1 aromatic heterocycles. The summed E-state index contributed by atoms with van der Waals surface area (Å²) in [7, 11) is 0. The third-order valence-corrected chi connectivity index (χ3v) is 3.33. The van der Waals surface area contributed by atoms with E-state index in [0.717, 1.165) is 12.1 Å². The molecule has 2 aromatic rings. The van der Waals surface area contributed by atoms with Crippen LogP contribution >= 0.6 is 0 Å². The van der Waals surface area contributed by atoms with Crippen LogP contribution < -0.4 is 0 Å². The number of aromatic nitrogens is 3. The van der Waals surface area contributed by atoms with Gasteiger partial charge in [0.25, 0.3) is 5.91 Å². The molecule has 0 saturated carbocycles. The summed E-state index contributed by atoms with van der Waals surface area (Å²) in [6, 6.07) is 3.41. The van der Waals surface area contributed by atoms with E-state index in [9.17, 15) is 13.6 Å². The average molecular weight is 278 g/mol. The van der Waals surface area contributed by atoms with Crippen molar-refractivity contribution >= 4 is 5.91 Å². The minimum absolute atomic E-state index is 0.232. The number of carbonyl (C=O) groups excluding carboxylic acids is 1. The Morgan fingerprint density at radius 1 is 1.30 bits per heavy atom. The van der Waals surface area contributed by atoms with E-state index in [2.05, 4.69) is 10.1 Å². The summed E-state index contributed by atoms with van der Waals surface area (Å²) < 4.78 is 28.7. The second-order valence-corrected chi connectivity index (χ2v) is 4.79. The van der Waals surface area contributed by atoms with Crippen LogP contribution in [0, 0.1) is 17.6 Å². The van der Waals surface area contributed by atoms with Gasteiger partial charge < -0.3 is 4.90 Å². The summed E-state index contributed by atoms with van der Waals surface area (Å²) in [5.41, 5.74) is -0.480. The summed E-state index contributed by atoms with van der Waals surface area (Å²) in [6.07, 6.45) is 3.04. The Kier molecular flexibility index (Phi) is 3.17. The highest BCUT2D eigenvalue weighted by Crippen LogP contribution is 2.22. The molecule has 1 aromatic carbocycles. The van der Waals surface area contributed by atoms with Crippen molar-refractivity contribution in [2.24, 2.45) is 5.92 Å². The van der Waals surface area contributed by atoms with Crippen molar-refractivity contribution in [2.75, 3.05) is 13.1 Å². The largest absolute Gasteiger partial charge is 0.338 e. The Morgan fingerprint density at radius 3 is 2.60 bits per heavy atom. The molecule has 1 amide bonds. The SMILES string of the molecule is O=C(c1c(F)cccc1F)N1CC(Cn2cncn2)C1. The quantitative estimate of drug-likeness (QED) is 0.851. The van der Waals surface area contributed by atoms with Gasteiger partial charge in [-0.25, -0.2) is 13.8 Å². The van der Waals surface area contributed by atoms with E-state index < -0.39 is 23.1 Å². The molecule has 3 rings (SSSR count). The fraction of sp³-hybridized carbons (Fsp3) is 0.308. The van der Waals surface area contributed by atoms with Crippen molar-refractivity contribution in [3.05, 3.63) is 48.1 Å². The van der Waals surface area contributed by atoms with E-state index in [1.807, 2.05) is 0 Å². The van der Waals surface area contributed by atoms with E-state index in [-0.39, 0.29) is 5.92 Å². The molecular formula is C13H12F2N4O. The van der Waals surface area contributed by atoms with E-state index in [0.29, 0.717) is 19.6 Å². The number of rotatable bonds is 3. The zero-order chi connectivity index (χ0) is 14.1. The van der Waals surface area contributed by atoms with Crippen LogP contribution in [0.2, 0.25) is 0 Å². The number of nitrogens with zero attached hydrogens (tertiary/aromatic N) is 4. The Bertz CT molecular complexity index is 603. The maximum Gasteiger partial charge on any atom is 0.259 e. The molecule has 104 valence electrons. The minimum atomic E-state index is -0.824. The molecule has 0 aliphatic carbocycles. The van der Waals surface area contributed by atoms with Gasteiger partial charge >= 0.3 is 0 Å². The van der Waals surface area contributed by atoms with Crippen LogP contribution in [-0.4, -0.2) is 38.7 Å². The standard InChI is InChI=1S/C13H12F2N4O/c14-10-2-1-3-11(15)12(10)13(20)18-4-9(5-18)6-19-8-16-7-17-19/h1-3,7-9H,4-6H2. The molecule has 0 bridgehead atoms. The zero-order valence-electron chi connectivity index (χ0n) is 10.5. The third kappa shape index (κ3) is 2.26. The predicted octanol–water partition coefficient (Wildman–Crippen LogP) is 1.33. The van der Waals surface area contributed by atoms with Crippen molar-refractivity contribution in [3.8, 4) is 0 Å². The van der Waals surface area contributed by atoms with Gasteiger partial charge in [0.05, 0.1) is 0 Å². The van der Waals surface area contributed by atoms with Crippen molar-refractivity contribution in [1.29, 1.82) is 0 Å². The van der Waals surface area contributed by atoms with Gasteiger partial charge in [-0.2, -0.15) is 5.10 Å². The van der Waals surface area contributed by atoms with Crippen LogP contribution in [-0.2, 0) is 6.54 Å². The number of hydrogen-bond donors (Lipinski definition) is 0. The van der Waals surface area contributed by atoms with Crippen molar-refractivity contribution in [1.82, 2.24) is 19.7 Å². The number of amides is 1. The second-order valence-electron chi connectivity index (χ2n) is 4.79. The smallest absolute Gasteiger partial charge is 0.259 e. The minimum Gasteiger partial charge on any atom is -0.338 e. The van der Waals surface area contributed by atoms with Crippen molar-refractivity contribution in [3.63, 3.8) is 0 Å². The molecule has 20 heavy (non-hydrogen) atoms. The first kappa shape index (κ1) is 12.7. The lowest BCUT2D eigenvalue weighted by molar-refractivity contribution is 0.0451. The lowest BCUT2D eigenvalue weighted by Gasteiger charge is -2.39. The van der Waals surface area contributed by atoms with Crippen LogP contribution in [0.3, 0.4) is 0 Å². The summed E-state index contributed by atoms with van der Waals surface area (Å²) in [5.74, 6) is -2.02. The fourth-order valence-electron chi connectivity index (χ4n) is 2.30. The average Bonchev–Trinajstić information content (AvgIpc) is 2.85. The number of hydrogen-bond acceptors (Lipinski definition) is 3. The molecular weight excluding hydrogens is 266 g/mol. The summed E-state index contributed by atoms with van der Waals surface area (Å²) >= 11 is 0. The highest BCUT2D eigenvalue weighted by Gasteiger charge is 2.33. The molecule has 0 spiro atoms. The lowest BCUT2D eigenvalue weighted by Crippen LogP contribution is -2.51. The van der Waals surface area contributed by atoms with Gasteiger partial charge in [-0.05, 0) is 12.1 Å². The maximum absolute atomic E-state index is 13.5. The Labute approximate surface area is 113 Å². The molecule has 1 fully saturated rings. The van der Waals surface area contributed by atoms with Crippen molar-refractivity contribution < 1.29 is 13.6 Å². The van der Waals surface area contributed by atoms with E-state index in [1.165, 1.54) is 17.3 Å². The molecule has 0 radical (unpaired) electrons. The third-order valence-electron chi connectivity index (χ3n) is 3.33. The predicted molar refractivity (Wildman–Crippen MR) is 65.8 cm³/mol. The van der Waals surface area contributed by atoms with Crippen LogP contribution in [0.25, 0.3) is 0 Å². The highest BCUT2D eigenvalue weighted by atomic mass is 19.1. The topological polar surface area (TPSA) is 51.0 Å². The molecule has 7 heteroatoms. The Morgan fingerprint density at radius 2 is 2.00 bits per heavy atom. The number of likely N-dealkylation sites (tertiary alicyclic amines) is 1. The molecule has 1 saturated heterocycles. The van der Waals surface area contributed by atoms with Gasteiger partial charge in [0.1, 0.15) is 29.9 Å². The zero-order valence-corrected chi connectivity index (χ0v) is 10.5. The van der Waals surface area contributed by atoms with Crippen LogP contribution in [0.5, 0.6) is 0 Å². The molecule has 1 aliphatic heterocycles. The first-order valence-electron chi connectivity index (χ1n) is 6.21. The van der Waals surface area contributed by atoms with Gasteiger partial charge in [0.2, 0.25) is 0 Å². The van der Waals surface area contributed by atoms with E-state index in [4.69, 9.17) is 0 Å². The summed E-state index contributed by atoms with van der Waals surface area (Å²) in [5, 5.41) is 3.98. The summed E-state index contributed by atoms with van der Waals surface area (Å²) in [6.45, 7) is 1.57. The second kappa shape index (κ2) is 4.99. The maximum atomic E-state index is 13.5. The van der Waals surface area contributed by atoms with Gasteiger partial charge in [0, 0.05) is 25.6 Å². The molecule has 0 N–H and O–H groups in total. The number of halogens is 2. The normalized spacial score (nSPS) is 15.2. The van der Waals surface area contributed by atoms with Gasteiger partial charge in [0.15, 0.2) is 0 Å². The van der Waals surface area contributed by atoms with Gasteiger partial charge in [-0.15, -0.1) is 0 Å². The molecule has 0 unspecified atom stereocenters. The van der Waals surface area contributed by atoms with E-state index in [1.54, 1.807) is 11.0 Å². The summed E-state index contributed by atoms with van der Waals surface area (Å²) in [4.78, 5) is 17.3. The van der Waals surface area contributed by atoms with Crippen molar-refractivity contribution in [2.45, 2.75) is 6.54 Å². The number of benzene rings is 1. The Balaban J connectivity index is 1.63. The lowest BCUT2D eigenvalue weighted by atomic mass is 9.98. The molecule has 0 atom stereocenters. The molecule has 5 nitrogen and oxygen atoms in total. The molecule has 2 heterocycles. The fourth-order valence-corrected chi connectivity index (χ4v) is 2.30. The first-order chi connectivity index (χ1) is 9.65.